The molecule has 0 atom stereocenters. The van der Waals surface area contributed by atoms with Gasteiger partial charge in [-0.1, -0.05) is 6.07 Å². The summed E-state index contributed by atoms with van der Waals surface area (Å²) >= 11 is 1.15. The molecule has 150 valence electrons. The summed E-state index contributed by atoms with van der Waals surface area (Å²) in [6, 6.07) is 8.42. The molecule has 10 heteroatoms. The standard InChI is InChI=1S/C19H17N3O5S2/c1-10-6-16(26-3)17(7-11(10)2)29(24,25)22-18-20-14(9-28-18)12-4-5-13-15(8-12)27-19(23)21-13/h4-9H,1-3H3,(H,20,22)(H,21,23). The Balaban J connectivity index is 1.66. The van der Waals surface area contributed by atoms with Crippen molar-refractivity contribution in [3.05, 3.63) is 57.4 Å². The molecule has 2 aromatic carbocycles. The lowest BCUT2D eigenvalue weighted by atomic mass is 10.1. The minimum absolute atomic E-state index is 0.0513. The van der Waals surface area contributed by atoms with E-state index < -0.39 is 15.8 Å². The van der Waals surface area contributed by atoms with Crippen molar-refractivity contribution in [1.82, 2.24) is 9.97 Å². The van der Waals surface area contributed by atoms with E-state index in [1.165, 1.54) is 7.11 Å². The fourth-order valence-corrected chi connectivity index (χ4v) is 5.07. The molecule has 0 radical (unpaired) electrons. The van der Waals surface area contributed by atoms with Crippen molar-refractivity contribution in [1.29, 1.82) is 0 Å². The summed E-state index contributed by atoms with van der Waals surface area (Å²) in [5.74, 6) is -0.267. The number of benzene rings is 2. The van der Waals surface area contributed by atoms with Crippen LogP contribution in [0.25, 0.3) is 22.4 Å². The first-order chi connectivity index (χ1) is 13.8. The van der Waals surface area contributed by atoms with E-state index in [4.69, 9.17) is 9.15 Å². The normalized spacial score (nSPS) is 11.7. The largest absolute Gasteiger partial charge is 0.495 e. The quantitative estimate of drug-likeness (QED) is 0.498. The molecule has 0 saturated heterocycles. The second kappa shape index (κ2) is 7.05. The Morgan fingerprint density at radius 1 is 1.17 bits per heavy atom. The van der Waals surface area contributed by atoms with Gasteiger partial charge >= 0.3 is 5.76 Å². The molecule has 4 rings (SSSR count). The number of hydrogen-bond acceptors (Lipinski definition) is 7. The zero-order chi connectivity index (χ0) is 20.8. The number of methoxy groups -OCH3 is 1. The van der Waals surface area contributed by atoms with Crippen LogP contribution in [0.15, 0.2) is 49.8 Å². The molecule has 0 amide bonds. The highest BCUT2D eigenvalue weighted by Gasteiger charge is 2.22. The number of rotatable bonds is 5. The number of nitrogens with one attached hydrogen (secondary N) is 2. The second-order valence-corrected chi connectivity index (χ2v) is 8.97. The van der Waals surface area contributed by atoms with Gasteiger partial charge in [0.25, 0.3) is 10.0 Å². The third kappa shape index (κ3) is 3.64. The van der Waals surface area contributed by atoms with E-state index in [9.17, 15) is 13.2 Å². The number of sulfonamides is 1. The van der Waals surface area contributed by atoms with Gasteiger partial charge in [-0.3, -0.25) is 9.71 Å². The van der Waals surface area contributed by atoms with Crippen molar-refractivity contribution >= 4 is 37.6 Å². The van der Waals surface area contributed by atoms with Gasteiger partial charge in [-0.2, -0.15) is 0 Å². The predicted molar refractivity (Wildman–Crippen MR) is 111 cm³/mol. The zero-order valence-electron chi connectivity index (χ0n) is 15.8. The van der Waals surface area contributed by atoms with Crippen molar-refractivity contribution in [2.45, 2.75) is 18.7 Å². The third-order valence-corrected chi connectivity index (χ3v) is 6.76. The van der Waals surface area contributed by atoms with Gasteiger partial charge in [0.1, 0.15) is 10.6 Å². The Labute approximate surface area is 170 Å². The van der Waals surface area contributed by atoms with Crippen LogP contribution in [0.3, 0.4) is 0 Å². The molecular formula is C19H17N3O5S2. The SMILES string of the molecule is COc1cc(C)c(C)cc1S(=O)(=O)Nc1nc(-c2ccc3[nH]c(=O)oc3c2)cs1. The van der Waals surface area contributed by atoms with Crippen molar-refractivity contribution in [2.24, 2.45) is 0 Å². The number of ether oxygens (including phenoxy) is 1. The van der Waals surface area contributed by atoms with E-state index in [2.05, 4.69) is 14.7 Å². The van der Waals surface area contributed by atoms with Crippen LogP contribution in [0.2, 0.25) is 0 Å². The van der Waals surface area contributed by atoms with Crippen LogP contribution in [0, 0.1) is 13.8 Å². The number of H-pyrrole nitrogens is 1. The molecule has 0 spiro atoms. The highest BCUT2D eigenvalue weighted by molar-refractivity contribution is 7.93. The van der Waals surface area contributed by atoms with Gasteiger partial charge in [0.2, 0.25) is 0 Å². The van der Waals surface area contributed by atoms with Crippen molar-refractivity contribution < 1.29 is 17.6 Å². The molecule has 8 nitrogen and oxygen atoms in total. The number of aromatic nitrogens is 2. The summed E-state index contributed by atoms with van der Waals surface area (Å²) in [7, 11) is -2.46. The molecule has 0 bridgehead atoms. The smallest absolute Gasteiger partial charge is 0.417 e. The number of oxazole rings is 1. The number of aryl methyl sites for hydroxylation is 2. The lowest BCUT2D eigenvalue weighted by Gasteiger charge is -2.12. The first-order valence-corrected chi connectivity index (χ1v) is 10.9. The molecule has 0 aliphatic rings. The Kier molecular flexibility index (Phi) is 4.67. The lowest BCUT2D eigenvalue weighted by Crippen LogP contribution is -2.14. The van der Waals surface area contributed by atoms with Gasteiger partial charge in [0.05, 0.1) is 18.3 Å². The van der Waals surface area contributed by atoms with E-state index in [0.29, 0.717) is 22.4 Å². The molecule has 0 aliphatic carbocycles. The van der Waals surface area contributed by atoms with Crippen molar-refractivity contribution in [2.75, 3.05) is 11.8 Å². The predicted octanol–water partition coefficient (Wildman–Crippen LogP) is 3.67. The molecular weight excluding hydrogens is 414 g/mol. The van der Waals surface area contributed by atoms with E-state index in [1.807, 2.05) is 13.8 Å². The van der Waals surface area contributed by atoms with Crippen LogP contribution >= 0.6 is 11.3 Å². The first kappa shape index (κ1) is 19.2. The summed E-state index contributed by atoms with van der Waals surface area (Å²) in [4.78, 5) is 18.3. The van der Waals surface area contributed by atoms with Gasteiger partial charge in [0.15, 0.2) is 10.7 Å². The molecule has 29 heavy (non-hydrogen) atoms. The van der Waals surface area contributed by atoms with Gasteiger partial charge < -0.3 is 9.15 Å². The van der Waals surface area contributed by atoms with Crippen LogP contribution in [0.4, 0.5) is 5.13 Å². The first-order valence-electron chi connectivity index (χ1n) is 8.53. The second-order valence-electron chi connectivity index (χ2n) is 6.46. The van der Waals surface area contributed by atoms with E-state index in [0.717, 1.165) is 22.5 Å². The fourth-order valence-electron chi connectivity index (χ4n) is 2.86. The van der Waals surface area contributed by atoms with Crippen LogP contribution in [-0.2, 0) is 10.0 Å². The summed E-state index contributed by atoms with van der Waals surface area (Å²) < 4.78 is 38.6. The van der Waals surface area contributed by atoms with Gasteiger partial charge in [-0.05, 0) is 49.2 Å². The lowest BCUT2D eigenvalue weighted by molar-refractivity contribution is 0.402. The summed E-state index contributed by atoms with van der Waals surface area (Å²) in [6.45, 7) is 3.73. The average molecular weight is 431 g/mol. The fraction of sp³-hybridized carbons (Fsp3) is 0.158. The topological polar surface area (TPSA) is 114 Å². The average Bonchev–Trinajstić information content (AvgIpc) is 3.27. The minimum Gasteiger partial charge on any atom is -0.495 e. The molecule has 0 aliphatic heterocycles. The summed E-state index contributed by atoms with van der Waals surface area (Å²) in [5, 5.41) is 1.94. The molecule has 2 heterocycles. The monoisotopic (exact) mass is 431 g/mol. The summed E-state index contributed by atoms with van der Waals surface area (Å²) in [6.07, 6.45) is 0. The van der Waals surface area contributed by atoms with E-state index in [-0.39, 0.29) is 15.8 Å². The summed E-state index contributed by atoms with van der Waals surface area (Å²) in [5.41, 5.74) is 4.02. The van der Waals surface area contributed by atoms with Crippen LogP contribution in [0.5, 0.6) is 5.75 Å². The van der Waals surface area contributed by atoms with Crippen molar-refractivity contribution in [3.8, 4) is 17.0 Å². The van der Waals surface area contributed by atoms with Gasteiger partial charge in [-0.15, -0.1) is 11.3 Å². The van der Waals surface area contributed by atoms with Crippen LogP contribution in [0.1, 0.15) is 11.1 Å². The molecule has 2 N–H and O–H groups in total. The molecule has 2 aromatic heterocycles. The number of hydrogen-bond donors (Lipinski definition) is 2. The third-order valence-electron chi connectivity index (χ3n) is 4.51. The highest BCUT2D eigenvalue weighted by Crippen LogP contribution is 2.31. The van der Waals surface area contributed by atoms with Crippen molar-refractivity contribution in [3.63, 3.8) is 0 Å². The number of aromatic amines is 1. The number of anilines is 1. The Morgan fingerprint density at radius 2 is 1.93 bits per heavy atom. The number of fused-ring (bicyclic) bond motifs is 1. The zero-order valence-corrected chi connectivity index (χ0v) is 17.4. The molecule has 0 saturated carbocycles. The maximum Gasteiger partial charge on any atom is 0.417 e. The Hall–Kier alpha value is -3.11. The van der Waals surface area contributed by atoms with E-state index in [1.54, 1.807) is 35.7 Å². The maximum atomic E-state index is 12.9. The highest BCUT2D eigenvalue weighted by atomic mass is 32.2. The van der Waals surface area contributed by atoms with Crippen LogP contribution in [-0.4, -0.2) is 25.5 Å². The molecule has 0 fully saturated rings. The maximum absolute atomic E-state index is 12.9. The van der Waals surface area contributed by atoms with E-state index >= 15 is 0 Å². The molecule has 4 aromatic rings. The number of nitrogens with zero attached hydrogens (tertiary/aromatic N) is 1. The Bertz CT molecular complexity index is 1380. The van der Waals surface area contributed by atoms with Gasteiger partial charge in [0, 0.05) is 10.9 Å². The van der Waals surface area contributed by atoms with Crippen LogP contribution < -0.4 is 15.2 Å². The number of thiazole rings is 1. The van der Waals surface area contributed by atoms with Gasteiger partial charge in [-0.25, -0.2) is 18.2 Å². The molecule has 0 unspecified atom stereocenters. The Morgan fingerprint density at radius 3 is 2.69 bits per heavy atom. The minimum atomic E-state index is -3.89.